The second-order valence-corrected chi connectivity index (χ2v) is 16.5. The van der Waals surface area contributed by atoms with E-state index in [2.05, 4.69) is 39.8 Å². The highest BCUT2D eigenvalue weighted by Crippen LogP contribution is 2.47. The number of amides is 1. The molecule has 0 aromatic heterocycles. The molecule has 1 amide bonds. The number of fused-ring (bicyclic) bond motifs is 5. The molecule has 2 aromatic rings. The van der Waals surface area contributed by atoms with Crippen LogP contribution in [0.3, 0.4) is 0 Å². The van der Waals surface area contributed by atoms with E-state index in [4.69, 9.17) is 30.5 Å². The summed E-state index contributed by atoms with van der Waals surface area (Å²) < 4.78 is 41.0. The van der Waals surface area contributed by atoms with Gasteiger partial charge in [0.2, 0.25) is 0 Å². The molecule has 2 aromatic carbocycles. The molecule has 0 radical (unpaired) electrons. The number of nitrogens with one attached hydrogen (secondary N) is 1. The molecule has 2 aliphatic carbocycles. The van der Waals surface area contributed by atoms with Crippen molar-refractivity contribution in [2.75, 3.05) is 58.1 Å². The molecule has 248 valence electrons. The lowest BCUT2D eigenvalue weighted by Gasteiger charge is -2.46. The van der Waals surface area contributed by atoms with Gasteiger partial charge in [0.15, 0.2) is 0 Å². The first-order valence-electron chi connectivity index (χ1n) is 16.6. The highest BCUT2D eigenvalue weighted by atomic mass is 35.5. The van der Waals surface area contributed by atoms with Crippen LogP contribution in [0.4, 0.5) is 5.69 Å². The van der Waals surface area contributed by atoms with Crippen LogP contribution in [0.1, 0.15) is 53.6 Å². The quantitative estimate of drug-likeness (QED) is 0.272. The van der Waals surface area contributed by atoms with Crippen LogP contribution in [0, 0.1) is 17.8 Å². The zero-order valence-electron chi connectivity index (χ0n) is 26.6. The topological polar surface area (TPSA) is 86.3 Å². The predicted molar refractivity (Wildman–Crippen MR) is 183 cm³/mol. The van der Waals surface area contributed by atoms with Gasteiger partial charge in [-0.05, 0) is 97.7 Å². The molecule has 1 spiro atoms. The Hall–Kier alpha value is -2.56. The summed E-state index contributed by atoms with van der Waals surface area (Å²) in [6.45, 7) is 3.98. The van der Waals surface area contributed by atoms with Crippen LogP contribution in [0.2, 0.25) is 5.02 Å². The number of rotatable bonds is 4. The minimum absolute atomic E-state index is 0.00773. The summed E-state index contributed by atoms with van der Waals surface area (Å²) in [5.74, 6) is 5.15. The van der Waals surface area contributed by atoms with Crippen LogP contribution in [0.5, 0.6) is 5.75 Å². The van der Waals surface area contributed by atoms with Crippen LogP contribution < -0.4 is 14.4 Å². The summed E-state index contributed by atoms with van der Waals surface area (Å²) in [5, 5.41) is 0.385. The molecule has 1 saturated heterocycles. The third-order valence-electron chi connectivity index (χ3n) is 10.9. The number of carbonyl (C=O) groups excluding carboxylic acids is 1. The average Bonchev–Trinajstić information content (AvgIpc) is 3.45. The number of methoxy groups -OCH3 is 1. The monoisotopic (exact) mass is 668 g/mol. The van der Waals surface area contributed by atoms with Crippen molar-refractivity contribution in [3.05, 3.63) is 70.3 Å². The normalized spacial score (nSPS) is 34.7. The molecule has 46 heavy (non-hydrogen) atoms. The Bertz CT molecular complexity index is 1600. The fourth-order valence-electron chi connectivity index (χ4n) is 8.28. The SMILES string of the molecule is C=S1(=O)NC(=O)c2ccc3c(c2)N(C[C@@H]2CC[C@H]2[C@@H](OCCOC)/C=C/C[C@H]2COC[C@@H]21)C[C@@]1(CCCc2cc(Cl)ccc21)CO3. The van der Waals surface area contributed by atoms with Crippen molar-refractivity contribution >= 4 is 38.8 Å². The number of halogens is 1. The number of allylic oxidation sites excluding steroid dienone is 1. The van der Waals surface area contributed by atoms with Gasteiger partial charge in [0.25, 0.3) is 5.91 Å². The molecular formula is C36H45ClN2O6S. The van der Waals surface area contributed by atoms with E-state index in [1.54, 1.807) is 13.2 Å². The summed E-state index contributed by atoms with van der Waals surface area (Å²) in [5.41, 5.74) is 3.73. The number of aryl methyl sites for hydroxylation is 1. The molecular weight excluding hydrogens is 624 g/mol. The van der Waals surface area contributed by atoms with Crippen molar-refractivity contribution in [3.8, 4) is 5.75 Å². The maximum Gasteiger partial charge on any atom is 0.262 e. The lowest BCUT2D eigenvalue weighted by atomic mass is 9.68. The lowest BCUT2D eigenvalue weighted by molar-refractivity contribution is -0.0310. The fourth-order valence-corrected chi connectivity index (χ4v) is 10.2. The molecule has 1 saturated carbocycles. The Labute approximate surface area is 277 Å². The molecule has 5 aliphatic rings. The van der Waals surface area contributed by atoms with Gasteiger partial charge in [-0.25, -0.2) is 4.21 Å². The van der Waals surface area contributed by atoms with Gasteiger partial charge in [-0.1, -0.05) is 29.8 Å². The molecule has 10 heteroatoms. The predicted octanol–water partition coefficient (Wildman–Crippen LogP) is 5.21. The van der Waals surface area contributed by atoms with E-state index < -0.39 is 9.71 Å². The first-order chi connectivity index (χ1) is 22.3. The van der Waals surface area contributed by atoms with Crippen LogP contribution in [0.15, 0.2) is 48.6 Å². The van der Waals surface area contributed by atoms with Gasteiger partial charge in [-0.3, -0.25) is 9.52 Å². The van der Waals surface area contributed by atoms with Crippen LogP contribution in [0.25, 0.3) is 0 Å². The summed E-state index contributed by atoms with van der Waals surface area (Å²) in [6.07, 6.45) is 10.2. The van der Waals surface area contributed by atoms with E-state index in [1.807, 2.05) is 18.2 Å². The number of anilines is 1. The minimum Gasteiger partial charge on any atom is -0.490 e. The first kappa shape index (κ1) is 32.0. The Morgan fingerprint density at radius 2 is 2.04 bits per heavy atom. The van der Waals surface area contributed by atoms with E-state index in [-0.39, 0.29) is 28.6 Å². The number of benzene rings is 2. The standard InChI is InChI=1S/C36H45ClN2O6S/c1-42-15-16-44-32-7-3-5-27-20-43-21-34(27)46(2,41)38-35(40)25-9-13-33-31(18-25)39(19-26-8-11-29(26)32)22-36(23-45-33)14-4-6-24-17-28(37)10-12-30(24)36/h3,7,9-10,12-13,17-18,26-27,29,32,34H,2,4-6,8,11,14-16,19-23H2,1H3,(H,38,40,41)/b7-3+/t26-,27-,29+,32-,34-,36-,46?/m0/s1. The largest absolute Gasteiger partial charge is 0.490 e. The van der Waals surface area contributed by atoms with Gasteiger partial charge < -0.3 is 23.8 Å². The summed E-state index contributed by atoms with van der Waals surface area (Å²) in [6, 6.07) is 11.9. The molecule has 8 nitrogen and oxygen atoms in total. The van der Waals surface area contributed by atoms with E-state index in [1.165, 1.54) is 11.1 Å². The number of nitrogens with zero attached hydrogens (tertiary/aromatic N) is 1. The van der Waals surface area contributed by atoms with Gasteiger partial charge >= 0.3 is 0 Å². The van der Waals surface area contributed by atoms with Gasteiger partial charge in [0.1, 0.15) is 5.75 Å². The van der Waals surface area contributed by atoms with Crippen molar-refractivity contribution in [2.45, 2.75) is 55.3 Å². The van der Waals surface area contributed by atoms with Gasteiger partial charge in [0.05, 0.1) is 59.8 Å². The van der Waals surface area contributed by atoms with Crippen molar-refractivity contribution in [2.24, 2.45) is 17.8 Å². The molecule has 3 heterocycles. The molecule has 1 unspecified atom stereocenters. The maximum atomic E-state index is 13.9. The van der Waals surface area contributed by atoms with Crippen LogP contribution in [-0.4, -0.2) is 80.6 Å². The van der Waals surface area contributed by atoms with Crippen molar-refractivity contribution < 1.29 is 28.0 Å². The fraction of sp³-hybridized carbons (Fsp3) is 0.556. The van der Waals surface area contributed by atoms with Crippen molar-refractivity contribution in [1.29, 1.82) is 0 Å². The minimum atomic E-state index is -2.99. The Kier molecular flexibility index (Phi) is 9.15. The van der Waals surface area contributed by atoms with Crippen LogP contribution >= 0.6 is 11.6 Å². The molecule has 2 bridgehead atoms. The Morgan fingerprint density at radius 3 is 2.87 bits per heavy atom. The molecule has 1 N–H and O–H groups in total. The molecule has 7 rings (SSSR count). The molecule has 7 atom stereocenters. The smallest absolute Gasteiger partial charge is 0.262 e. The number of hydrogen-bond acceptors (Lipinski definition) is 7. The van der Waals surface area contributed by atoms with E-state index in [0.29, 0.717) is 56.9 Å². The zero-order chi connectivity index (χ0) is 31.9. The van der Waals surface area contributed by atoms with Crippen molar-refractivity contribution in [3.63, 3.8) is 0 Å². The van der Waals surface area contributed by atoms with Crippen molar-refractivity contribution in [1.82, 2.24) is 4.72 Å². The van der Waals surface area contributed by atoms with Crippen LogP contribution in [-0.2, 0) is 35.8 Å². The summed E-state index contributed by atoms with van der Waals surface area (Å²) in [7, 11) is -1.29. The highest BCUT2D eigenvalue weighted by molar-refractivity contribution is 7.99. The van der Waals surface area contributed by atoms with E-state index in [0.717, 1.165) is 61.7 Å². The highest BCUT2D eigenvalue weighted by Gasteiger charge is 2.45. The Morgan fingerprint density at radius 1 is 1.15 bits per heavy atom. The number of hydrogen-bond donors (Lipinski definition) is 1. The van der Waals surface area contributed by atoms with Gasteiger partial charge in [-0.15, -0.1) is 0 Å². The molecule has 3 aliphatic heterocycles. The number of carbonyl (C=O) groups is 1. The molecule has 2 fully saturated rings. The van der Waals surface area contributed by atoms with Gasteiger partial charge in [-0.2, -0.15) is 0 Å². The first-order valence-corrected chi connectivity index (χ1v) is 18.8. The summed E-state index contributed by atoms with van der Waals surface area (Å²) in [4.78, 5) is 16.1. The van der Waals surface area contributed by atoms with Gasteiger partial charge in [0, 0.05) is 42.1 Å². The lowest BCUT2D eigenvalue weighted by Crippen LogP contribution is -2.49. The van der Waals surface area contributed by atoms with E-state index >= 15 is 0 Å². The number of ether oxygens (including phenoxy) is 4. The summed E-state index contributed by atoms with van der Waals surface area (Å²) >= 11 is 6.45. The third kappa shape index (κ3) is 6.21. The second kappa shape index (κ2) is 13.2. The zero-order valence-corrected chi connectivity index (χ0v) is 28.2. The average molecular weight is 669 g/mol. The van der Waals surface area contributed by atoms with E-state index in [9.17, 15) is 9.00 Å². The maximum absolute atomic E-state index is 13.9. The Balaban J connectivity index is 1.29. The third-order valence-corrected chi connectivity index (χ3v) is 13.2. The second-order valence-electron chi connectivity index (χ2n) is 13.8.